The van der Waals surface area contributed by atoms with Crippen LogP contribution in [0.5, 0.6) is 5.75 Å². The molecule has 3 N–H and O–H groups in total. The molecule has 32 heavy (non-hydrogen) atoms. The van der Waals surface area contributed by atoms with E-state index >= 15 is 0 Å². The lowest BCUT2D eigenvalue weighted by Crippen LogP contribution is -2.37. The minimum absolute atomic E-state index is 0.269. The molecule has 0 aliphatic heterocycles. The topological polar surface area (TPSA) is 87.9 Å². The second-order valence-corrected chi connectivity index (χ2v) is 7.44. The Bertz CT molecular complexity index is 997. The fourth-order valence-corrected chi connectivity index (χ4v) is 3.22. The smallest absolute Gasteiger partial charge is 0.291 e. The lowest BCUT2D eigenvalue weighted by Gasteiger charge is -2.15. The average Bonchev–Trinajstić information content (AvgIpc) is 3.37. The van der Waals surface area contributed by atoms with Gasteiger partial charge in [-0.25, -0.2) is 0 Å². The number of amides is 1. The molecule has 0 radical (unpaired) electrons. The number of rotatable bonds is 9. The Hall–Kier alpha value is -3.74. The molecule has 1 unspecified atom stereocenters. The molecule has 3 rings (SSSR count). The van der Waals surface area contributed by atoms with Crippen molar-refractivity contribution in [2.24, 2.45) is 4.99 Å². The van der Waals surface area contributed by atoms with Gasteiger partial charge in [-0.05, 0) is 59.9 Å². The number of hydrogen-bond donors (Lipinski definition) is 3. The molecule has 0 spiro atoms. The van der Waals surface area contributed by atoms with Crippen molar-refractivity contribution < 1.29 is 13.9 Å². The third kappa shape index (κ3) is 6.63. The highest BCUT2D eigenvalue weighted by Crippen LogP contribution is 2.21. The summed E-state index contributed by atoms with van der Waals surface area (Å²) in [6, 6.07) is 19.2. The zero-order chi connectivity index (χ0) is 22.8. The van der Waals surface area contributed by atoms with Crippen LogP contribution in [0.25, 0.3) is 0 Å². The second kappa shape index (κ2) is 11.6. The number of hydrogen-bond acceptors (Lipinski definition) is 4. The Morgan fingerprint density at radius 1 is 1.06 bits per heavy atom. The first-order chi connectivity index (χ1) is 15.6. The molecule has 7 nitrogen and oxygen atoms in total. The Balaban J connectivity index is 1.41. The van der Waals surface area contributed by atoms with Gasteiger partial charge in [0.25, 0.3) is 5.91 Å². The van der Waals surface area contributed by atoms with Crippen molar-refractivity contribution in [1.82, 2.24) is 10.6 Å². The number of benzene rings is 2. The van der Waals surface area contributed by atoms with Gasteiger partial charge >= 0.3 is 0 Å². The molecule has 7 heteroatoms. The van der Waals surface area contributed by atoms with E-state index in [1.807, 2.05) is 36.4 Å². The van der Waals surface area contributed by atoms with E-state index in [1.54, 1.807) is 26.3 Å². The van der Waals surface area contributed by atoms with Crippen molar-refractivity contribution in [2.75, 3.05) is 26.0 Å². The summed E-state index contributed by atoms with van der Waals surface area (Å²) in [5, 5.41) is 9.49. The van der Waals surface area contributed by atoms with Gasteiger partial charge in [0.2, 0.25) is 0 Å². The third-order valence-corrected chi connectivity index (χ3v) is 5.19. The van der Waals surface area contributed by atoms with E-state index in [2.05, 4.69) is 40.0 Å². The standard InChI is InChI=1S/C25H30N4O3/c1-18(20-8-12-22(31-3)13-9-20)14-15-27-25(26-2)28-17-19-6-10-21(11-7-19)29-24(30)23-5-4-16-32-23/h4-13,16,18H,14-15,17H2,1-3H3,(H,29,30)(H2,26,27,28). The summed E-state index contributed by atoms with van der Waals surface area (Å²) in [5.41, 5.74) is 3.08. The molecule has 1 atom stereocenters. The van der Waals surface area contributed by atoms with Crippen molar-refractivity contribution in [3.63, 3.8) is 0 Å². The van der Waals surface area contributed by atoms with Crippen LogP contribution in [0.15, 0.2) is 76.3 Å². The molecule has 168 valence electrons. The van der Waals surface area contributed by atoms with Gasteiger partial charge in [-0.2, -0.15) is 0 Å². The van der Waals surface area contributed by atoms with Crippen LogP contribution in [0.1, 0.15) is 40.9 Å². The van der Waals surface area contributed by atoms with E-state index < -0.39 is 0 Å². The van der Waals surface area contributed by atoms with Gasteiger partial charge < -0.3 is 25.1 Å². The molecule has 2 aromatic carbocycles. The number of carbonyl (C=O) groups excluding carboxylic acids is 1. The molecule has 0 aliphatic rings. The van der Waals surface area contributed by atoms with Crippen LogP contribution in [0, 0.1) is 0 Å². The molecule has 0 aliphatic carbocycles. The summed E-state index contributed by atoms with van der Waals surface area (Å²) in [4.78, 5) is 16.3. The van der Waals surface area contributed by atoms with Gasteiger partial charge in [-0.3, -0.25) is 9.79 Å². The predicted octanol–water partition coefficient (Wildman–Crippen LogP) is 4.40. The van der Waals surface area contributed by atoms with Crippen molar-refractivity contribution in [2.45, 2.75) is 25.8 Å². The molecule has 1 amide bonds. The van der Waals surface area contributed by atoms with Gasteiger partial charge in [0.05, 0.1) is 13.4 Å². The van der Waals surface area contributed by atoms with Gasteiger partial charge in [0.1, 0.15) is 5.75 Å². The molecule has 0 saturated carbocycles. The average molecular weight is 435 g/mol. The molecule has 1 aromatic heterocycles. The lowest BCUT2D eigenvalue weighted by molar-refractivity contribution is 0.0996. The monoisotopic (exact) mass is 434 g/mol. The maximum atomic E-state index is 12.0. The Kier molecular flexibility index (Phi) is 8.31. The van der Waals surface area contributed by atoms with Gasteiger partial charge in [0.15, 0.2) is 11.7 Å². The summed E-state index contributed by atoms with van der Waals surface area (Å²) in [5.74, 6) is 2.07. The largest absolute Gasteiger partial charge is 0.497 e. The lowest BCUT2D eigenvalue weighted by atomic mass is 9.98. The molecule has 3 aromatic rings. The highest BCUT2D eigenvalue weighted by Gasteiger charge is 2.09. The number of furan rings is 1. The number of ether oxygens (including phenoxy) is 1. The van der Waals surface area contributed by atoms with Crippen molar-refractivity contribution in [3.8, 4) is 5.75 Å². The van der Waals surface area contributed by atoms with Crippen molar-refractivity contribution in [1.29, 1.82) is 0 Å². The van der Waals surface area contributed by atoms with Gasteiger partial charge in [0, 0.05) is 25.8 Å². The van der Waals surface area contributed by atoms with Crippen LogP contribution in [-0.4, -0.2) is 32.6 Å². The SMILES string of the molecule is CN=C(NCCC(C)c1ccc(OC)cc1)NCc1ccc(NC(=O)c2ccco2)cc1. The zero-order valence-corrected chi connectivity index (χ0v) is 18.7. The third-order valence-electron chi connectivity index (χ3n) is 5.19. The molecular weight excluding hydrogens is 404 g/mol. The summed E-state index contributed by atoms with van der Waals surface area (Å²) in [6.45, 7) is 3.65. The van der Waals surface area contributed by atoms with E-state index in [9.17, 15) is 4.79 Å². The highest BCUT2D eigenvalue weighted by molar-refractivity contribution is 6.02. The fourth-order valence-electron chi connectivity index (χ4n) is 3.22. The predicted molar refractivity (Wildman–Crippen MR) is 127 cm³/mol. The fraction of sp³-hybridized carbons (Fsp3) is 0.280. The molecule has 0 bridgehead atoms. The van der Waals surface area contributed by atoms with E-state index in [0.29, 0.717) is 18.2 Å². The summed E-state index contributed by atoms with van der Waals surface area (Å²) in [7, 11) is 3.44. The number of carbonyl (C=O) groups is 1. The quantitative estimate of drug-likeness (QED) is 0.343. The van der Waals surface area contributed by atoms with Gasteiger partial charge in [-0.1, -0.05) is 31.2 Å². The number of nitrogens with zero attached hydrogens (tertiary/aromatic N) is 1. The highest BCUT2D eigenvalue weighted by atomic mass is 16.5. The number of anilines is 1. The molecule has 1 heterocycles. The van der Waals surface area contributed by atoms with Crippen LogP contribution in [0.2, 0.25) is 0 Å². The minimum Gasteiger partial charge on any atom is -0.497 e. The minimum atomic E-state index is -0.269. The van der Waals surface area contributed by atoms with Crippen molar-refractivity contribution in [3.05, 3.63) is 83.8 Å². The summed E-state index contributed by atoms with van der Waals surface area (Å²) in [6.07, 6.45) is 2.46. The van der Waals surface area contributed by atoms with E-state index in [4.69, 9.17) is 9.15 Å². The summed E-state index contributed by atoms with van der Waals surface area (Å²) >= 11 is 0. The number of aliphatic imine (C=N–C) groups is 1. The first-order valence-electron chi connectivity index (χ1n) is 10.6. The number of methoxy groups -OCH3 is 1. The van der Waals surface area contributed by atoms with Crippen LogP contribution >= 0.6 is 0 Å². The first-order valence-corrected chi connectivity index (χ1v) is 10.6. The zero-order valence-electron chi connectivity index (χ0n) is 18.7. The van der Waals surface area contributed by atoms with Crippen LogP contribution in [0.4, 0.5) is 5.69 Å². The molecular formula is C25H30N4O3. The Morgan fingerprint density at radius 3 is 2.44 bits per heavy atom. The Morgan fingerprint density at radius 2 is 1.81 bits per heavy atom. The summed E-state index contributed by atoms with van der Waals surface area (Å²) < 4.78 is 10.3. The van der Waals surface area contributed by atoms with Crippen molar-refractivity contribution >= 4 is 17.6 Å². The number of guanidine groups is 1. The number of nitrogens with one attached hydrogen (secondary N) is 3. The maximum Gasteiger partial charge on any atom is 0.291 e. The van der Waals surface area contributed by atoms with Crippen LogP contribution in [0.3, 0.4) is 0 Å². The normalized spacial score (nSPS) is 12.2. The van der Waals surface area contributed by atoms with E-state index in [-0.39, 0.29) is 11.7 Å². The molecule has 0 saturated heterocycles. The van der Waals surface area contributed by atoms with Gasteiger partial charge in [-0.15, -0.1) is 0 Å². The van der Waals surface area contributed by atoms with E-state index in [1.165, 1.54) is 11.8 Å². The maximum absolute atomic E-state index is 12.0. The molecule has 0 fully saturated rings. The Labute approximate surface area is 188 Å². The van der Waals surface area contributed by atoms with Crippen LogP contribution in [-0.2, 0) is 6.54 Å². The first kappa shape index (κ1) is 22.9. The second-order valence-electron chi connectivity index (χ2n) is 7.44. The van der Waals surface area contributed by atoms with Crippen LogP contribution < -0.4 is 20.7 Å². The van der Waals surface area contributed by atoms with E-state index in [0.717, 1.165) is 30.2 Å².